The normalized spacial score (nSPS) is 10.5. The third kappa shape index (κ3) is 1.44. The van der Waals surface area contributed by atoms with Crippen molar-refractivity contribution in [2.75, 3.05) is 0 Å². The van der Waals surface area contributed by atoms with E-state index < -0.39 is 0 Å². The molecule has 3 rings (SSSR count). The van der Waals surface area contributed by atoms with E-state index in [1.54, 1.807) is 6.33 Å². The molecule has 0 spiro atoms. The Kier molecular flexibility index (Phi) is 2.11. The second-order valence-electron chi connectivity index (χ2n) is 3.53. The molecule has 1 heterocycles. The average Bonchev–Trinajstić information content (AvgIpc) is 2.39. The van der Waals surface area contributed by atoms with Gasteiger partial charge in [-0.3, -0.25) is 0 Å². The van der Waals surface area contributed by atoms with Crippen LogP contribution in [0.15, 0.2) is 54.9 Å². The first-order valence-electron chi connectivity index (χ1n) is 5.11. The highest BCUT2D eigenvalue weighted by molar-refractivity contribution is 5.91. The van der Waals surface area contributed by atoms with Gasteiger partial charge in [0.05, 0.1) is 11.2 Å². The van der Waals surface area contributed by atoms with Crippen LogP contribution in [0, 0.1) is 6.07 Å². The van der Waals surface area contributed by atoms with Gasteiger partial charge in [0.15, 0.2) is 0 Å². The summed E-state index contributed by atoms with van der Waals surface area (Å²) in [6.45, 7) is 0. The molecule has 0 aliphatic carbocycles. The Balaban J connectivity index is 2.32. The van der Waals surface area contributed by atoms with Crippen LogP contribution in [0.5, 0.6) is 0 Å². The lowest BCUT2D eigenvalue weighted by atomic mass is 10.1. The minimum atomic E-state index is 0.972. The van der Waals surface area contributed by atoms with Gasteiger partial charge >= 0.3 is 0 Å². The largest absolute Gasteiger partial charge is 0.236 e. The molecular weight excluding hydrogens is 196 g/mol. The van der Waals surface area contributed by atoms with Crippen molar-refractivity contribution < 1.29 is 0 Å². The first-order chi connectivity index (χ1) is 7.95. The van der Waals surface area contributed by atoms with Gasteiger partial charge in [-0.2, -0.15) is 0 Å². The van der Waals surface area contributed by atoms with Crippen molar-refractivity contribution in [1.82, 2.24) is 9.97 Å². The molecule has 2 aromatic carbocycles. The summed E-state index contributed by atoms with van der Waals surface area (Å²) < 4.78 is 0. The zero-order valence-electron chi connectivity index (χ0n) is 8.59. The Morgan fingerprint density at radius 2 is 1.69 bits per heavy atom. The van der Waals surface area contributed by atoms with Gasteiger partial charge in [-0.1, -0.05) is 42.5 Å². The molecule has 0 aliphatic heterocycles. The van der Waals surface area contributed by atoms with Crippen molar-refractivity contribution >= 4 is 10.9 Å². The predicted octanol–water partition coefficient (Wildman–Crippen LogP) is 3.10. The molecule has 16 heavy (non-hydrogen) atoms. The Morgan fingerprint density at radius 1 is 0.875 bits per heavy atom. The molecule has 1 aromatic heterocycles. The maximum atomic E-state index is 4.35. The summed E-state index contributed by atoms with van der Waals surface area (Å²) in [5.41, 5.74) is 3.04. The summed E-state index contributed by atoms with van der Waals surface area (Å²) in [6.07, 6.45) is 1.61. The molecule has 75 valence electrons. The fraction of sp³-hybridized carbons (Fsp3) is 0. The second-order valence-corrected chi connectivity index (χ2v) is 3.53. The van der Waals surface area contributed by atoms with Gasteiger partial charge in [0.2, 0.25) is 0 Å². The molecule has 0 unspecified atom stereocenters. The third-order valence-corrected chi connectivity index (χ3v) is 2.53. The van der Waals surface area contributed by atoms with Crippen molar-refractivity contribution in [3.63, 3.8) is 0 Å². The summed E-state index contributed by atoms with van der Waals surface area (Å²) in [7, 11) is 0. The van der Waals surface area contributed by atoms with E-state index in [0.29, 0.717) is 0 Å². The van der Waals surface area contributed by atoms with Gasteiger partial charge in [-0.05, 0) is 12.1 Å². The smallest absolute Gasteiger partial charge is 0.116 e. The number of fused-ring (bicyclic) bond motifs is 1. The van der Waals surface area contributed by atoms with Crippen LogP contribution in [-0.2, 0) is 0 Å². The highest BCUT2D eigenvalue weighted by Crippen LogP contribution is 2.24. The maximum absolute atomic E-state index is 4.35. The van der Waals surface area contributed by atoms with Gasteiger partial charge < -0.3 is 0 Å². The van der Waals surface area contributed by atoms with Crippen LogP contribution in [0.1, 0.15) is 0 Å². The Morgan fingerprint density at radius 3 is 2.56 bits per heavy atom. The number of hydrogen-bond donors (Lipinski definition) is 0. The first kappa shape index (κ1) is 9.04. The average molecular weight is 205 g/mol. The monoisotopic (exact) mass is 205 g/mol. The molecule has 0 N–H and O–H groups in total. The minimum absolute atomic E-state index is 0.972. The zero-order valence-corrected chi connectivity index (χ0v) is 8.59. The van der Waals surface area contributed by atoms with E-state index >= 15 is 0 Å². The van der Waals surface area contributed by atoms with E-state index in [1.807, 2.05) is 48.5 Å². The quantitative estimate of drug-likeness (QED) is 0.610. The lowest BCUT2D eigenvalue weighted by Gasteiger charge is -2.03. The van der Waals surface area contributed by atoms with Gasteiger partial charge in [0.25, 0.3) is 0 Å². The van der Waals surface area contributed by atoms with Crippen LogP contribution in [-0.4, -0.2) is 9.97 Å². The van der Waals surface area contributed by atoms with Crippen LogP contribution in [0.4, 0.5) is 0 Å². The molecule has 2 nitrogen and oxygen atoms in total. The summed E-state index contributed by atoms with van der Waals surface area (Å²) in [5.74, 6) is 0. The fourth-order valence-corrected chi connectivity index (χ4v) is 1.78. The molecule has 0 saturated carbocycles. The number of rotatable bonds is 1. The summed E-state index contributed by atoms with van der Waals surface area (Å²) >= 11 is 0. The van der Waals surface area contributed by atoms with Crippen LogP contribution in [0.25, 0.3) is 22.2 Å². The SMILES string of the molecule is [c]1ccc(-c2ncnc3ccccc23)cc1. The Bertz CT molecular complexity index is 612. The van der Waals surface area contributed by atoms with E-state index in [0.717, 1.165) is 22.2 Å². The standard InChI is InChI=1S/C14H9N2/c1-2-6-11(7-3-1)14-12-8-4-5-9-13(12)15-10-16-14/h2-10H. The predicted molar refractivity (Wildman–Crippen MR) is 63.8 cm³/mol. The Hall–Kier alpha value is -2.22. The molecule has 2 heteroatoms. The van der Waals surface area contributed by atoms with Crippen molar-refractivity contribution in [3.8, 4) is 11.3 Å². The van der Waals surface area contributed by atoms with E-state index in [9.17, 15) is 0 Å². The number of para-hydroxylation sites is 1. The van der Waals surface area contributed by atoms with E-state index in [2.05, 4.69) is 16.0 Å². The van der Waals surface area contributed by atoms with Gasteiger partial charge in [-0.15, -0.1) is 0 Å². The molecule has 0 atom stereocenters. The van der Waals surface area contributed by atoms with Crippen molar-refractivity contribution in [2.24, 2.45) is 0 Å². The topological polar surface area (TPSA) is 25.8 Å². The van der Waals surface area contributed by atoms with E-state index in [4.69, 9.17) is 0 Å². The zero-order chi connectivity index (χ0) is 10.8. The lowest BCUT2D eigenvalue weighted by Crippen LogP contribution is -1.87. The number of aromatic nitrogens is 2. The van der Waals surface area contributed by atoms with E-state index in [1.165, 1.54) is 0 Å². The summed E-state index contributed by atoms with van der Waals surface area (Å²) in [6, 6.07) is 18.8. The molecule has 0 amide bonds. The second kappa shape index (κ2) is 3.74. The number of hydrogen-bond acceptors (Lipinski definition) is 2. The fourth-order valence-electron chi connectivity index (χ4n) is 1.78. The molecule has 0 bridgehead atoms. The Labute approximate surface area is 93.6 Å². The van der Waals surface area contributed by atoms with Crippen molar-refractivity contribution in [2.45, 2.75) is 0 Å². The maximum Gasteiger partial charge on any atom is 0.116 e. The van der Waals surface area contributed by atoms with Gasteiger partial charge in [0.1, 0.15) is 6.33 Å². The van der Waals surface area contributed by atoms with E-state index in [-0.39, 0.29) is 0 Å². The van der Waals surface area contributed by atoms with Crippen LogP contribution in [0.3, 0.4) is 0 Å². The highest BCUT2D eigenvalue weighted by atomic mass is 14.8. The van der Waals surface area contributed by atoms with Gasteiger partial charge in [-0.25, -0.2) is 9.97 Å². The first-order valence-corrected chi connectivity index (χ1v) is 5.11. The van der Waals surface area contributed by atoms with Crippen LogP contribution < -0.4 is 0 Å². The molecule has 0 saturated heterocycles. The lowest BCUT2D eigenvalue weighted by molar-refractivity contribution is 1.22. The molecular formula is C14H9N2. The minimum Gasteiger partial charge on any atom is -0.236 e. The summed E-state index contributed by atoms with van der Waals surface area (Å²) in [4.78, 5) is 8.60. The van der Waals surface area contributed by atoms with Crippen molar-refractivity contribution in [1.29, 1.82) is 0 Å². The van der Waals surface area contributed by atoms with Gasteiger partial charge in [0, 0.05) is 10.9 Å². The van der Waals surface area contributed by atoms with Crippen molar-refractivity contribution in [3.05, 3.63) is 60.9 Å². The number of benzene rings is 2. The molecule has 3 aromatic rings. The third-order valence-electron chi connectivity index (χ3n) is 2.53. The molecule has 1 radical (unpaired) electrons. The number of nitrogens with zero attached hydrogens (tertiary/aromatic N) is 2. The molecule has 0 fully saturated rings. The van der Waals surface area contributed by atoms with Crippen LogP contribution >= 0.6 is 0 Å². The van der Waals surface area contributed by atoms with Crippen LogP contribution in [0.2, 0.25) is 0 Å². The highest BCUT2D eigenvalue weighted by Gasteiger charge is 2.04. The summed E-state index contributed by atoms with van der Waals surface area (Å²) in [5, 5.41) is 1.08. The molecule has 0 aliphatic rings.